The summed E-state index contributed by atoms with van der Waals surface area (Å²) >= 11 is 0. The van der Waals surface area contributed by atoms with Crippen LogP contribution in [0.1, 0.15) is 42.0 Å². The molecule has 4 aromatic rings. The molecule has 140 valence electrons. The molecule has 0 saturated heterocycles. The smallest absolute Gasteiger partial charge is 0.168 e. The van der Waals surface area contributed by atoms with E-state index in [1.165, 1.54) is 0 Å². The van der Waals surface area contributed by atoms with E-state index >= 15 is 0 Å². The lowest BCUT2D eigenvalue weighted by Gasteiger charge is -2.11. The van der Waals surface area contributed by atoms with E-state index in [2.05, 4.69) is 17.0 Å². The fourth-order valence-corrected chi connectivity index (χ4v) is 3.26. The van der Waals surface area contributed by atoms with E-state index in [9.17, 15) is 4.79 Å². The van der Waals surface area contributed by atoms with Crippen LogP contribution in [0.5, 0.6) is 0 Å². The third kappa shape index (κ3) is 3.42. The highest BCUT2D eigenvalue weighted by Gasteiger charge is 2.11. The molecule has 0 spiro atoms. The molecule has 1 aromatic carbocycles. The van der Waals surface area contributed by atoms with Gasteiger partial charge in [0, 0.05) is 17.0 Å². The van der Waals surface area contributed by atoms with E-state index in [0.29, 0.717) is 11.5 Å². The van der Waals surface area contributed by atoms with Crippen LogP contribution in [0.15, 0.2) is 60.8 Å². The third-order valence-corrected chi connectivity index (χ3v) is 4.71. The molecular formula is C22H21N5O. The number of fused-ring (bicyclic) bond motifs is 1. The van der Waals surface area contributed by atoms with Crippen molar-refractivity contribution in [3.63, 3.8) is 0 Å². The van der Waals surface area contributed by atoms with Crippen molar-refractivity contribution in [3.8, 4) is 17.1 Å². The number of benzene rings is 1. The summed E-state index contributed by atoms with van der Waals surface area (Å²) in [5.41, 5.74) is 10.3. The number of rotatable bonds is 6. The highest BCUT2D eigenvalue weighted by atomic mass is 16.1. The van der Waals surface area contributed by atoms with Crippen molar-refractivity contribution < 1.29 is 4.79 Å². The summed E-state index contributed by atoms with van der Waals surface area (Å²) in [4.78, 5) is 20.2. The first-order chi connectivity index (χ1) is 13.7. The molecule has 6 nitrogen and oxygen atoms in total. The molecule has 28 heavy (non-hydrogen) atoms. The van der Waals surface area contributed by atoms with E-state index < -0.39 is 0 Å². The zero-order valence-electron chi connectivity index (χ0n) is 15.6. The summed E-state index contributed by atoms with van der Waals surface area (Å²) in [5.74, 6) is 0.600. The zero-order valence-corrected chi connectivity index (χ0v) is 15.6. The van der Waals surface area contributed by atoms with Gasteiger partial charge in [-0.2, -0.15) is 5.10 Å². The van der Waals surface area contributed by atoms with Crippen molar-refractivity contribution in [2.45, 2.75) is 25.8 Å². The first-order valence-electron chi connectivity index (χ1n) is 9.33. The van der Waals surface area contributed by atoms with Crippen LogP contribution in [0, 0.1) is 0 Å². The Bertz CT molecular complexity index is 1130. The van der Waals surface area contributed by atoms with Gasteiger partial charge < -0.3 is 5.73 Å². The van der Waals surface area contributed by atoms with Gasteiger partial charge in [-0.15, -0.1) is 0 Å². The van der Waals surface area contributed by atoms with Gasteiger partial charge in [-0.05, 0) is 36.8 Å². The van der Waals surface area contributed by atoms with E-state index in [1.54, 1.807) is 23.0 Å². The number of nitrogens with zero attached hydrogens (tertiary/aromatic N) is 4. The van der Waals surface area contributed by atoms with Crippen molar-refractivity contribution in [2.24, 2.45) is 5.73 Å². The fourth-order valence-electron chi connectivity index (χ4n) is 3.26. The summed E-state index contributed by atoms with van der Waals surface area (Å²) in [6.45, 7) is 2.12. The quantitative estimate of drug-likeness (QED) is 0.516. The van der Waals surface area contributed by atoms with Crippen LogP contribution >= 0.6 is 0 Å². The SMILES string of the molecule is CCC[C@H](N)c1cccc(-c2ccc3cnn(-c4cccc(C=O)n4)c3c2)n1. The van der Waals surface area contributed by atoms with Gasteiger partial charge in [-0.3, -0.25) is 9.78 Å². The van der Waals surface area contributed by atoms with Gasteiger partial charge in [-0.1, -0.05) is 37.6 Å². The third-order valence-electron chi connectivity index (χ3n) is 4.71. The molecule has 0 aliphatic carbocycles. The predicted molar refractivity (Wildman–Crippen MR) is 109 cm³/mol. The largest absolute Gasteiger partial charge is 0.323 e. The first-order valence-corrected chi connectivity index (χ1v) is 9.33. The monoisotopic (exact) mass is 371 g/mol. The van der Waals surface area contributed by atoms with Crippen LogP contribution in [0.2, 0.25) is 0 Å². The minimum atomic E-state index is -0.0607. The Morgan fingerprint density at radius 2 is 1.96 bits per heavy atom. The van der Waals surface area contributed by atoms with Crippen molar-refractivity contribution in [1.29, 1.82) is 0 Å². The van der Waals surface area contributed by atoms with Crippen molar-refractivity contribution in [1.82, 2.24) is 19.7 Å². The number of pyridine rings is 2. The lowest BCUT2D eigenvalue weighted by Crippen LogP contribution is -2.11. The Morgan fingerprint density at radius 1 is 1.11 bits per heavy atom. The molecule has 0 radical (unpaired) electrons. The number of aromatic nitrogens is 4. The Morgan fingerprint density at radius 3 is 2.79 bits per heavy atom. The zero-order chi connectivity index (χ0) is 19.5. The average Bonchev–Trinajstić information content (AvgIpc) is 3.17. The number of carbonyl (C=O) groups is 1. The van der Waals surface area contributed by atoms with E-state index in [1.807, 2.05) is 42.5 Å². The average molecular weight is 371 g/mol. The molecule has 0 amide bonds. The summed E-state index contributed by atoms with van der Waals surface area (Å²) in [7, 11) is 0. The summed E-state index contributed by atoms with van der Waals surface area (Å²) in [6.07, 6.45) is 4.44. The Kier molecular flexibility index (Phi) is 4.95. The second-order valence-electron chi connectivity index (χ2n) is 6.71. The number of hydrogen-bond acceptors (Lipinski definition) is 5. The summed E-state index contributed by atoms with van der Waals surface area (Å²) in [6, 6.07) is 17.3. The van der Waals surface area contributed by atoms with Crippen LogP contribution in [0.3, 0.4) is 0 Å². The minimum Gasteiger partial charge on any atom is -0.323 e. The Balaban J connectivity index is 1.78. The summed E-state index contributed by atoms with van der Waals surface area (Å²) < 4.78 is 1.73. The molecule has 0 fully saturated rings. The number of nitrogens with two attached hydrogens (primary N) is 1. The van der Waals surface area contributed by atoms with Crippen LogP contribution in [-0.2, 0) is 0 Å². The molecule has 4 rings (SSSR count). The molecule has 0 saturated carbocycles. The van der Waals surface area contributed by atoms with E-state index in [4.69, 9.17) is 10.7 Å². The highest BCUT2D eigenvalue weighted by molar-refractivity contribution is 5.85. The van der Waals surface area contributed by atoms with Gasteiger partial charge in [0.1, 0.15) is 5.69 Å². The van der Waals surface area contributed by atoms with Crippen molar-refractivity contribution in [2.75, 3.05) is 0 Å². The van der Waals surface area contributed by atoms with Gasteiger partial charge >= 0.3 is 0 Å². The topological polar surface area (TPSA) is 86.7 Å². The molecule has 3 aromatic heterocycles. The van der Waals surface area contributed by atoms with Gasteiger partial charge in [0.2, 0.25) is 0 Å². The maximum Gasteiger partial charge on any atom is 0.168 e. The molecule has 1 atom stereocenters. The normalized spacial score (nSPS) is 12.2. The fraction of sp³-hybridized carbons (Fsp3) is 0.182. The Labute approximate surface area is 163 Å². The lowest BCUT2D eigenvalue weighted by molar-refractivity contribution is 0.111. The van der Waals surface area contributed by atoms with Gasteiger partial charge in [0.15, 0.2) is 12.1 Å². The number of carbonyl (C=O) groups excluding carboxylic acids is 1. The summed E-state index contributed by atoms with van der Waals surface area (Å²) in [5, 5.41) is 5.43. The molecular weight excluding hydrogens is 350 g/mol. The Hall–Kier alpha value is -3.38. The standard InChI is InChI=1S/C22H21N5O/c1-2-5-18(23)20-8-4-7-19(26-20)15-10-11-16-13-24-27(21(16)12-15)22-9-3-6-17(14-28)25-22/h3-4,6-14,18H,2,5,23H2,1H3/t18-/m0/s1. The number of aldehydes is 1. The molecule has 0 aliphatic heterocycles. The molecule has 0 bridgehead atoms. The second-order valence-corrected chi connectivity index (χ2v) is 6.71. The minimum absolute atomic E-state index is 0.0607. The maximum atomic E-state index is 11.1. The van der Waals surface area contributed by atoms with E-state index in [-0.39, 0.29) is 6.04 Å². The van der Waals surface area contributed by atoms with Crippen molar-refractivity contribution in [3.05, 3.63) is 72.2 Å². The maximum absolute atomic E-state index is 11.1. The predicted octanol–water partition coefficient (Wildman–Crippen LogP) is 4.09. The van der Waals surface area contributed by atoms with Gasteiger partial charge in [0.05, 0.1) is 23.1 Å². The first kappa shape index (κ1) is 18.0. The molecule has 2 N–H and O–H groups in total. The van der Waals surface area contributed by atoms with Crippen molar-refractivity contribution >= 4 is 17.2 Å². The molecule has 6 heteroatoms. The van der Waals surface area contributed by atoms with Gasteiger partial charge in [0.25, 0.3) is 0 Å². The lowest BCUT2D eigenvalue weighted by atomic mass is 10.1. The molecule has 3 heterocycles. The molecule has 0 unspecified atom stereocenters. The van der Waals surface area contributed by atoms with Crippen LogP contribution in [0.4, 0.5) is 0 Å². The van der Waals surface area contributed by atoms with E-state index in [0.717, 1.165) is 47.0 Å². The van der Waals surface area contributed by atoms with Crippen LogP contribution in [-0.4, -0.2) is 26.0 Å². The van der Waals surface area contributed by atoms with Gasteiger partial charge in [-0.25, -0.2) is 9.67 Å². The van der Waals surface area contributed by atoms with Crippen LogP contribution in [0.25, 0.3) is 28.0 Å². The second kappa shape index (κ2) is 7.70. The number of hydrogen-bond donors (Lipinski definition) is 1. The van der Waals surface area contributed by atoms with Crippen LogP contribution < -0.4 is 5.73 Å². The molecule has 0 aliphatic rings. The highest BCUT2D eigenvalue weighted by Crippen LogP contribution is 2.26.